The average Bonchev–Trinajstić information content (AvgIpc) is 2.18. The van der Waals surface area contributed by atoms with E-state index in [1.54, 1.807) is 0 Å². The van der Waals surface area contributed by atoms with Crippen molar-refractivity contribution in [1.82, 2.24) is 9.44 Å². The summed E-state index contributed by atoms with van der Waals surface area (Å²) in [7, 11) is -1.72. The molecule has 16 heavy (non-hydrogen) atoms. The van der Waals surface area contributed by atoms with Crippen LogP contribution in [0.1, 0.15) is 38.5 Å². The van der Waals surface area contributed by atoms with Gasteiger partial charge in [-0.15, -0.1) is 0 Å². The van der Waals surface area contributed by atoms with Crippen LogP contribution in [0.15, 0.2) is 0 Å². The molecule has 3 fully saturated rings. The Labute approximate surface area is 106 Å². The maximum absolute atomic E-state index is 11.3. The summed E-state index contributed by atoms with van der Waals surface area (Å²) in [6, 6.07) is 0. The Balaban J connectivity index is 2.05. The van der Waals surface area contributed by atoms with Crippen molar-refractivity contribution in [3.05, 3.63) is 0 Å². The van der Waals surface area contributed by atoms with Crippen LogP contribution in [-0.2, 0) is 10.0 Å². The first kappa shape index (κ1) is 13.0. The summed E-state index contributed by atoms with van der Waals surface area (Å²) in [5.41, 5.74) is 0.0195. The summed E-state index contributed by atoms with van der Waals surface area (Å²) < 4.78 is 28.9. The number of hydrogen-bond acceptors (Lipinski definition) is 5. The Kier molecular flexibility index (Phi) is 3.54. The first-order valence-electron chi connectivity index (χ1n) is 5.45. The molecule has 0 spiro atoms. The fourth-order valence-corrected chi connectivity index (χ4v) is 5.16. The van der Waals surface area contributed by atoms with Crippen LogP contribution < -0.4 is 9.44 Å². The van der Waals surface area contributed by atoms with Crippen molar-refractivity contribution in [2.45, 2.75) is 49.6 Å². The van der Waals surface area contributed by atoms with Crippen LogP contribution in [0.25, 0.3) is 0 Å². The molecule has 0 aromatic rings. The van der Waals surface area contributed by atoms with Gasteiger partial charge in [0.15, 0.2) is 0 Å². The molecule has 3 aliphatic rings. The standard InChI is InChI=1S/C9H18N2O2S3/c1-16(12,13)11-9-5-2-8(3-6-9,4-7-9)10-15-14/h10-11,14H,2-7H2,1H3. The predicted octanol–water partition coefficient (Wildman–Crippen LogP) is 1.46. The zero-order valence-corrected chi connectivity index (χ0v) is 11.9. The molecular weight excluding hydrogens is 264 g/mol. The highest BCUT2D eigenvalue weighted by Crippen LogP contribution is 2.47. The molecule has 0 heterocycles. The normalized spacial score (nSPS) is 38.9. The fraction of sp³-hybridized carbons (Fsp3) is 1.00. The summed E-state index contributed by atoms with van der Waals surface area (Å²) in [6.45, 7) is 0. The second-order valence-corrected chi connectivity index (χ2v) is 7.81. The summed E-state index contributed by atoms with van der Waals surface area (Å²) in [6.07, 6.45) is 7.14. The van der Waals surface area contributed by atoms with Gasteiger partial charge in [0.2, 0.25) is 10.0 Å². The lowest BCUT2D eigenvalue weighted by molar-refractivity contribution is 0.0907. The Bertz CT molecular complexity index is 344. The van der Waals surface area contributed by atoms with Crippen molar-refractivity contribution in [3.63, 3.8) is 0 Å². The minimum absolute atomic E-state index is 0.168. The Morgan fingerprint density at radius 3 is 1.88 bits per heavy atom. The maximum Gasteiger partial charge on any atom is 0.209 e. The quantitative estimate of drug-likeness (QED) is 0.415. The molecule has 0 aliphatic heterocycles. The molecule has 0 atom stereocenters. The minimum atomic E-state index is -3.09. The topological polar surface area (TPSA) is 58.2 Å². The van der Waals surface area contributed by atoms with Gasteiger partial charge >= 0.3 is 0 Å². The number of hydrogen-bond donors (Lipinski definition) is 3. The Morgan fingerprint density at radius 1 is 1.06 bits per heavy atom. The summed E-state index contributed by atoms with van der Waals surface area (Å²) in [5, 5.41) is 0. The van der Waals surface area contributed by atoms with Crippen LogP contribution in [-0.4, -0.2) is 25.8 Å². The zero-order valence-electron chi connectivity index (χ0n) is 9.32. The molecule has 0 saturated heterocycles. The lowest BCUT2D eigenvalue weighted by atomic mass is 9.62. The number of sulfonamides is 1. The molecule has 0 amide bonds. The highest BCUT2D eigenvalue weighted by molar-refractivity contribution is 8.67. The molecule has 0 unspecified atom stereocenters. The van der Waals surface area contributed by atoms with Crippen molar-refractivity contribution in [3.8, 4) is 0 Å². The average molecular weight is 282 g/mol. The van der Waals surface area contributed by atoms with E-state index >= 15 is 0 Å². The van der Waals surface area contributed by atoms with Crippen molar-refractivity contribution in [1.29, 1.82) is 0 Å². The van der Waals surface area contributed by atoms with Crippen molar-refractivity contribution in [2.75, 3.05) is 6.26 Å². The van der Waals surface area contributed by atoms with E-state index < -0.39 is 10.0 Å². The van der Waals surface area contributed by atoms with Gasteiger partial charge in [0.25, 0.3) is 0 Å². The zero-order chi connectivity index (χ0) is 11.9. The number of nitrogens with one attached hydrogen (secondary N) is 2. The SMILES string of the molecule is CS(=O)(=O)NC12CCC(NSS)(CC1)CC2. The molecule has 3 aliphatic carbocycles. The van der Waals surface area contributed by atoms with Crippen LogP contribution in [0.5, 0.6) is 0 Å². The van der Waals surface area contributed by atoms with E-state index in [2.05, 4.69) is 21.1 Å². The van der Waals surface area contributed by atoms with E-state index in [1.807, 2.05) is 0 Å². The van der Waals surface area contributed by atoms with Crippen LogP contribution in [0.3, 0.4) is 0 Å². The molecule has 2 bridgehead atoms. The first-order valence-corrected chi connectivity index (χ1v) is 9.21. The van der Waals surface area contributed by atoms with Gasteiger partial charge in [-0.2, -0.15) is 0 Å². The van der Waals surface area contributed by atoms with E-state index in [0.29, 0.717) is 0 Å². The lowest BCUT2D eigenvalue weighted by Gasteiger charge is -2.53. The predicted molar refractivity (Wildman–Crippen MR) is 70.9 cm³/mol. The summed E-state index contributed by atoms with van der Waals surface area (Å²) in [5.74, 6) is 0. The molecule has 4 nitrogen and oxygen atoms in total. The van der Waals surface area contributed by atoms with Gasteiger partial charge in [-0.1, -0.05) is 11.7 Å². The van der Waals surface area contributed by atoms with Gasteiger partial charge in [-0.05, 0) is 49.5 Å². The van der Waals surface area contributed by atoms with Gasteiger partial charge in [0, 0.05) is 11.1 Å². The molecule has 3 rings (SSSR count). The molecule has 0 aromatic carbocycles. The number of fused-ring (bicyclic) bond motifs is 3. The molecular formula is C9H18N2O2S3. The van der Waals surface area contributed by atoms with Gasteiger partial charge in [0.05, 0.1) is 6.26 Å². The van der Waals surface area contributed by atoms with Crippen LogP contribution in [0.4, 0.5) is 0 Å². The van der Waals surface area contributed by atoms with E-state index in [0.717, 1.165) is 38.5 Å². The van der Waals surface area contributed by atoms with Gasteiger partial charge in [0.1, 0.15) is 0 Å². The van der Waals surface area contributed by atoms with Crippen LogP contribution >= 0.6 is 22.6 Å². The Morgan fingerprint density at radius 2 is 1.50 bits per heavy atom. The van der Waals surface area contributed by atoms with Gasteiger partial charge in [-0.3, -0.25) is 0 Å². The maximum atomic E-state index is 11.3. The lowest BCUT2D eigenvalue weighted by Crippen LogP contribution is -2.61. The third-order valence-electron chi connectivity index (χ3n) is 3.91. The van der Waals surface area contributed by atoms with E-state index in [-0.39, 0.29) is 11.1 Å². The fourth-order valence-electron chi connectivity index (χ4n) is 2.98. The van der Waals surface area contributed by atoms with E-state index in [9.17, 15) is 8.42 Å². The highest BCUT2D eigenvalue weighted by atomic mass is 33.1. The van der Waals surface area contributed by atoms with Crippen molar-refractivity contribution in [2.24, 2.45) is 0 Å². The van der Waals surface area contributed by atoms with E-state index in [1.165, 1.54) is 17.2 Å². The summed E-state index contributed by atoms with van der Waals surface area (Å²) >= 11 is 4.14. The highest BCUT2D eigenvalue weighted by Gasteiger charge is 2.49. The third kappa shape index (κ3) is 2.69. The first-order chi connectivity index (χ1) is 7.39. The number of thiol groups is 1. The second-order valence-electron chi connectivity index (χ2n) is 5.13. The monoisotopic (exact) mass is 282 g/mol. The van der Waals surface area contributed by atoms with Crippen molar-refractivity contribution < 1.29 is 8.42 Å². The minimum Gasteiger partial charge on any atom is -0.249 e. The van der Waals surface area contributed by atoms with Crippen molar-refractivity contribution >= 4 is 32.7 Å². The molecule has 3 saturated carbocycles. The Hall–Kier alpha value is 0.570. The van der Waals surface area contributed by atoms with Crippen LogP contribution in [0.2, 0.25) is 0 Å². The largest absolute Gasteiger partial charge is 0.249 e. The second kappa shape index (κ2) is 4.35. The van der Waals surface area contributed by atoms with Crippen LogP contribution in [0, 0.1) is 0 Å². The molecule has 94 valence electrons. The van der Waals surface area contributed by atoms with Gasteiger partial charge < -0.3 is 0 Å². The smallest absolute Gasteiger partial charge is 0.209 e. The molecule has 0 radical (unpaired) electrons. The molecule has 7 heteroatoms. The van der Waals surface area contributed by atoms with Gasteiger partial charge in [-0.25, -0.2) is 17.9 Å². The third-order valence-corrected chi connectivity index (χ3v) is 5.51. The summed E-state index contributed by atoms with van der Waals surface area (Å²) in [4.78, 5) is 0. The molecule has 0 aromatic heterocycles. The molecule has 2 N–H and O–H groups in total. The number of rotatable bonds is 4. The van der Waals surface area contributed by atoms with E-state index in [4.69, 9.17) is 0 Å².